The van der Waals surface area contributed by atoms with Crippen LogP contribution in [0.15, 0.2) is 18.2 Å². The maximum absolute atomic E-state index is 12.1. The average molecular weight is 304 g/mol. The molecule has 1 atom stereocenters. The van der Waals surface area contributed by atoms with Crippen molar-refractivity contribution >= 4 is 29.3 Å². The van der Waals surface area contributed by atoms with Gasteiger partial charge < -0.3 is 14.7 Å². The molecule has 116 valence electrons. The van der Waals surface area contributed by atoms with E-state index in [9.17, 15) is 14.4 Å². The first kappa shape index (κ1) is 14.4. The quantitative estimate of drug-likeness (QED) is 0.912. The predicted octanol–water partition coefficient (Wildman–Crippen LogP) is 1.39. The van der Waals surface area contributed by atoms with Crippen molar-refractivity contribution in [3.63, 3.8) is 0 Å². The van der Waals surface area contributed by atoms with Crippen LogP contribution in [0.1, 0.15) is 19.4 Å². The van der Waals surface area contributed by atoms with Gasteiger partial charge in [0.2, 0.25) is 12.0 Å². The number of carbonyl (C=O) groups is 3. The van der Waals surface area contributed by atoms with Gasteiger partial charge in [0.25, 0.3) is 0 Å². The van der Waals surface area contributed by atoms with Crippen LogP contribution < -0.4 is 9.80 Å². The molecule has 0 bridgehead atoms. The van der Waals surface area contributed by atoms with E-state index in [4.69, 9.17) is 9.84 Å². The van der Waals surface area contributed by atoms with Crippen molar-refractivity contribution in [3.8, 4) is 0 Å². The second kappa shape index (κ2) is 5.01. The van der Waals surface area contributed by atoms with Gasteiger partial charge in [0, 0.05) is 17.4 Å². The van der Waals surface area contributed by atoms with Crippen molar-refractivity contribution < 1.29 is 24.2 Å². The van der Waals surface area contributed by atoms with Crippen LogP contribution in [0.5, 0.6) is 0 Å². The summed E-state index contributed by atoms with van der Waals surface area (Å²) in [5.41, 5.74) is 2.22. The fourth-order valence-corrected chi connectivity index (χ4v) is 2.87. The maximum Gasteiger partial charge on any atom is 0.415 e. The third kappa shape index (κ3) is 2.18. The molecule has 1 aromatic carbocycles. The number of aliphatic carboxylic acids is 1. The van der Waals surface area contributed by atoms with E-state index >= 15 is 0 Å². The maximum atomic E-state index is 12.1. The van der Waals surface area contributed by atoms with E-state index in [0.717, 1.165) is 11.3 Å². The molecule has 0 aliphatic carbocycles. The fraction of sp³-hybridized carbons (Fsp3) is 0.400. The molecule has 0 aromatic heterocycles. The Morgan fingerprint density at radius 3 is 2.68 bits per heavy atom. The molecule has 2 aliphatic rings. The standard InChI is InChI=1S/C15H16N2O5/c1-8(2)17-11-4-3-10(5-9(11)6-13(17)18)16-7-12(14(19)20)22-15(16)21/h3-5,8,12H,6-7H2,1-2H3,(H,19,20)/t12-/m1/s1. The molecule has 1 fully saturated rings. The van der Waals surface area contributed by atoms with E-state index in [1.165, 1.54) is 4.90 Å². The fourth-order valence-electron chi connectivity index (χ4n) is 2.87. The first-order valence-electron chi connectivity index (χ1n) is 7.04. The SMILES string of the molecule is CC(C)N1C(=O)Cc2cc(N3C[C@H](C(=O)O)OC3=O)ccc21. The Morgan fingerprint density at radius 1 is 1.36 bits per heavy atom. The molecule has 3 rings (SSSR count). The molecule has 0 unspecified atom stereocenters. The van der Waals surface area contributed by atoms with Crippen LogP contribution in [0.4, 0.5) is 16.2 Å². The highest BCUT2D eigenvalue weighted by molar-refractivity contribution is 6.03. The van der Waals surface area contributed by atoms with Crippen molar-refractivity contribution in [2.24, 2.45) is 0 Å². The third-order valence-electron chi connectivity index (χ3n) is 3.85. The number of fused-ring (bicyclic) bond motifs is 1. The van der Waals surface area contributed by atoms with Gasteiger partial charge in [-0.25, -0.2) is 9.59 Å². The van der Waals surface area contributed by atoms with Crippen LogP contribution in [0.2, 0.25) is 0 Å². The summed E-state index contributed by atoms with van der Waals surface area (Å²) in [5, 5.41) is 8.93. The van der Waals surface area contributed by atoms with Gasteiger partial charge in [-0.15, -0.1) is 0 Å². The zero-order valence-electron chi connectivity index (χ0n) is 12.3. The number of anilines is 2. The molecule has 1 aromatic rings. The van der Waals surface area contributed by atoms with Crippen LogP contribution in [0.3, 0.4) is 0 Å². The van der Waals surface area contributed by atoms with Gasteiger partial charge in [-0.05, 0) is 37.6 Å². The number of carboxylic acids is 1. The molecule has 7 heteroatoms. The van der Waals surface area contributed by atoms with Gasteiger partial charge in [0.15, 0.2) is 0 Å². The summed E-state index contributed by atoms with van der Waals surface area (Å²) in [4.78, 5) is 37.8. The lowest BCUT2D eigenvalue weighted by molar-refractivity contribution is -0.144. The first-order chi connectivity index (χ1) is 10.4. The highest BCUT2D eigenvalue weighted by Crippen LogP contribution is 2.34. The molecule has 22 heavy (non-hydrogen) atoms. The Kier molecular flexibility index (Phi) is 3.27. The van der Waals surface area contributed by atoms with Gasteiger partial charge in [-0.2, -0.15) is 0 Å². The minimum atomic E-state index is -1.17. The molecule has 1 saturated heterocycles. The summed E-state index contributed by atoms with van der Waals surface area (Å²) in [6, 6.07) is 5.31. The molecule has 2 heterocycles. The molecule has 7 nitrogen and oxygen atoms in total. The van der Waals surface area contributed by atoms with Crippen LogP contribution in [-0.4, -0.2) is 41.8 Å². The molecule has 2 aliphatic heterocycles. The van der Waals surface area contributed by atoms with Crippen molar-refractivity contribution in [2.75, 3.05) is 16.3 Å². The zero-order chi connectivity index (χ0) is 16.0. The Hall–Kier alpha value is -2.57. The largest absolute Gasteiger partial charge is 0.478 e. The molecule has 0 spiro atoms. The highest BCUT2D eigenvalue weighted by atomic mass is 16.6. The number of hydrogen-bond donors (Lipinski definition) is 1. The van der Waals surface area contributed by atoms with E-state index in [-0.39, 0.29) is 24.9 Å². The normalized spacial score (nSPS) is 20.6. The molecule has 0 saturated carbocycles. The molecule has 1 N–H and O–H groups in total. The number of ether oxygens (including phenoxy) is 1. The average Bonchev–Trinajstić information content (AvgIpc) is 2.97. The zero-order valence-corrected chi connectivity index (χ0v) is 12.3. The van der Waals surface area contributed by atoms with Crippen LogP contribution in [0, 0.1) is 0 Å². The number of carbonyl (C=O) groups excluding carboxylic acids is 2. The predicted molar refractivity (Wildman–Crippen MR) is 78.0 cm³/mol. The lowest BCUT2D eigenvalue weighted by Gasteiger charge is -2.22. The molecule has 0 radical (unpaired) electrons. The minimum absolute atomic E-state index is 0.0227. The van der Waals surface area contributed by atoms with E-state index in [0.29, 0.717) is 5.69 Å². The monoisotopic (exact) mass is 304 g/mol. The Labute approximate surface area is 127 Å². The van der Waals surface area contributed by atoms with Gasteiger partial charge in [-0.3, -0.25) is 9.69 Å². The second-order valence-corrected chi connectivity index (χ2v) is 5.67. The summed E-state index contributed by atoms with van der Waals surface area (Å²) in [7, 11) is 0. The number of hydrogen-bond acceptors (Lipinski definition) is 4. The van der Waals surface area contributed by atoms with Crippen molar-refractivity contribution in [1.29, 1.82) is 0 Å². The van der Waals surface area contributed by atoms with Crippen molar-refractivity contribution in [1.82, 2.24) is 0 Å². The van der Waals surface area contributed by atoms with Crippen LogP contribution in [-0.2, 0) is 20.7 Å². The van der Waals surface area contributed by atoms with E-state index in [1.54, 1.807) is 23.1 Å². The van der Waals surface area contributed by atoms with E-state index < -0.39 is 18.2 Å². The summed E-state index contributed by atoms with van der Waals surface area (Å²) < 4.78 is 4.80. The smallest absolute Gasteiger partial charge is 0.415 e. The van der Waals surface area contributed by atoms with Crippen LogP contribution in [0.25, 0.3) is 0 Å². The van der Waals surface area contributed by atoms with Gasteiger partial charge in [0.05, 0.1) is 13.0 Å². The number of carboxylic acid groups (broad SMARTS) is 1. The van der Waals surface area contributed by atoms with E-state index in [2.05, 4.69) is 0 Å². The van der Waals surface area contributed by atoms with Gasteiger partial charge in [0.1, 0.15) is 0 Å². The lowest BCUT2D eigenvalue weighted by atomic mass is 10.1. The highest BCUT2D eigenvalue weighted by Gasteiger charge is 2.38. The minimum Gasteiger partial charge on any atom is -0.478 e. The summed E-state index contributed by atoms with van der Waals surface area (Å²) in [6.45, 7) is 3.85. The number of benzene rings is 1. The number of amides is 2. The number of cyclic esters (lactones) is 1. The van der Waals surface area contributed by atoms with Crippen molar-refractivity contribution in [2.45, 2.75) is 32.4 Å². The Morgan fingerprint density at radius 2 is 2.09 bits per heavy atom. The number of rotatable bonds is 3. The Balaban J connectivity index is 1.90. The van der Waals surface area contributed by atoms with Gasteiger partial charge >= 0.3 is 12.1 Å². The summed E-state index contributed by atoms with van der Waals surface area (Å²) >= 11 is 0. The van der Waals surface area contributed by atoms with E-state index in [1.807, 2.05) is 13.8 Å². The lowest BCUT2D eigenvalue weighted by Crippen LogP contribution is -2.33. The molecular formula is C15H16N2O5. The van der Waals surface area contributed by atoms with Gasteiger partial charge in [-0.1, -0.05) is 0 Å². The molecular weight excluding hydrogens is 288 g/mol. The van der Waals surface area contributed by atoms with Crippen molar-refractivity contribution in [3.05, 3.63) is 23.8 Å². The molecule has 2 amide bonds. The summed E-state index contributed by atoms with van der Waals surface area (Å²) in [6.07, 6.45) is -1.56. The second-order valence-electron chi connectivity index (χ2n) is 5.67. The topological polar surface area (TPSA) is 87.2 Å². The Bertz CT molecular complexity index is 670. The first-order valence-corrected chi connectivity index (χ1v) is 7.04. The third-order valence-corrected chi connectivity index (χ3v) is 3.85. The van der Waals surface area contributed by atoms with Crippen LogP contribution >= 0.6 is 0 Å². The number of nitrogens with zero attached hydrogens (tertiary/aromatic N) is 2. The summed E-state index contributed by atoms with van der Waals surface area (Å²) in [5.74, 6) is -1.15.